The van der Waals surface area contributed by atoms with E-state index in [9.17, 15) is 9.59 Å². The molecule has 3 aromatic rings. The summed E-state index contributed by atoms with van der Waals surface area (Å²) in [7, 11) is 0. The highest BCUT2D eigenvalue weighted by Crippen LogP contribution is 2.43. The lowest BCUT2D eigenvalue weighted by atomic mass is 9.77. The molecular formula is C29H24N2O3. The van der Waals surface area contributed by atoms with Gasteiger partial charge in [0.1, 0.15) is 12.4 Å². The van der Waals surface area contributed by atoms with Crippen LogP contribution in [-0.4, -0.2) is 11.7 Å². The van der Waals surface area contributed by atoms with Crippen LogP contribution in [0.15, 0.2) is 90.1 Å². The fourth-order valence-electron chi connectivity index (χ4n) is 4.80. The van der Waals surface area contributed by atoms with Gasteiger partial charge in [0.05, 0.1) is 11.6 Å². The van der Waals surface area contributed by atoms with Crippen molar-refractivity contribution in [3.05, 3.63) is 107 Å². The standard InChI is InChI=1S/C29H24N2O3/c30-18-20-9-13-23(14-10-20)31-26-7-4-8-27(32)29(26)25(17-28(31)33)22-11-15-24(16-12-22)34-19-21-5-2-1-3-6-21/h1-3,5-6,9-16,25H,4,7-8,17,19H2. The number of amides is 1. The maximum Gasteiger partial charge on any atom is 0.232 e. The molecule has 0 fully saturated rings. The van der Waals surface area contributed by atoms with Crippen LogP contribution in [0, 0.1) is 11.3 Å². The summed E-state index contributed by atoms with van der Waals surface area (Å²) in [5.74, 6) is 0.570. The van der Waals surface area contributed by atoms with Gasteiger partial charge in [0.2, 0.25) is 5.91 Å². The molecule has 1 aliphatic carbocycles. The van der Waals surface area contributed by atoms with E-state index in [1.165, 1.54) is 0 Å². The topological polar surface area (TPSA) is 70.4 Å². The maximum atomic E-state index is 13.3. The summed E-state index contributed by atoms with van der Waals surface area (Å²) in [5, 5.41) is 9.09. The van der Waals surface area contributed by atoms with Crippen LogP contribution in [0.3, 0.4) is 0 Å². The van der Waals surface area contributed by atoms with Crippen molar-refractivity contribution in [2.45, 2.75) is 38.2 Å². The van der Waals surface area contributed by atoms with E-state index >= 15 is 0 Å². The Labute approximate surface area is 198 Å². The molecular weight excluding hydrogens is 424 g/mol. The van der Waals surface area contributed by atoms with Crippen molar-refractivity contribution in [2.75, 3.05) is 4.90 Å². The second-order valence-corrected chi connectivity index (χ2v) is 8.62. The van der Waals surface area contributed by atoms with E-state index < -0.39 is 0 Å². The summed E-state index contributed by atoms with van der Waals surface area (Å²) < 4.78 is 5.90. The summed E-state index contributed by atoms with van der Waals surface area (Å²) in [6.07, 6.45) is 2.15. The zero-order valence-electron chi connectivity index (χ0n) is 18.7. The zero-order chi connectivity index (χ0) is 23.5. The van der Waals surface area contributed by atoms with E-state index in [1.54, 1.807) is 29.2 Å². The van der Waals surface area contributed by atoms with Crippen LogP contribution in [0.1, 0.15) is 48.3 Å². The SMILES string of the molecule is N#Cc1ccc(N2C(=O)CC(c3ccc(OCc4ccccc4)cc3)C3=C2CCCC3=O)cc1. The molecule has 3 aromatic carbocycles. The molecule has 1 atom stereocenters. The third-order valence-electron chi connectivity index (χ3n) is 6.46. The van der Waals surface area contributed by atoms with Gasteiger partial charge >= 0.3 is 0 Å². The average Bonchev–Trinajstić information content (AvgIpc) is 2.88. The van der Waals surface area contributed by atoms with Crippen molar-refractivity contribution in [3.8, 4) is 11.8 Å². The number of allylic oxidation sites excluding steroid dienone is 2. The molecule has 1 aliphatic heterocycles. The molecule has 5 rings (SSSR count). The van der Waals surface area contributed by atoms with Crippen LogP contribution in [0.2, 0.25) is 0 Å². The number of nitriles is 1. The van der Waals surface area contributed by atoms with Crippen molar-refractivity contribution in [1.82, 2.24) is 0 Å². The first-order valence-electron chi connectivity index (χ1n) is 11.5. The number of carbonyl (C=O) groups is 2. The molecule has 1 heterocycles. The van der Waals surface area contributed by atoms with Crippen molar-refractivity contribution >= 4 is 17.4 Å². The number of nitrogens with zero attached hydrogens (tertiary/aromatic N) is 2. The number of benzene rings is 3. The highest BCUT2D eigenvalue weighted by Gasteiger charge is 2.39. The minimum absolute atomic E-state index is 0.0347. The Kier molecular flexibility index (Phi) is 5.97. The van der Waals surface area contributed by atoms with Crippen molar-refractivity contribution in [3.63, 3.8) is 0 Å². The van der Waals surface area contributed by atoms with E-state index in [0.717, 1.165) is 34.6 Å². The normalized spacial score (nSPS) is 17.9. The predicted molar refractivity (Wildman–Crippen MR) is 129 cm³/mol. The fourth-order valence-corrected chi connectivity index (χ4v) is 4.80. The van der Waals surface area contributed by atoms with Crippen molar-refractivity contribution in [1.29, 1.82) is 5.26 Å². The van der Waals surface area contributed by atoms with Crippen LogP contribution < -0.4 is 9.64 Å². The minimum atomic E-state index is -0.256. The van der Waals surface area contributed by atoms with Gasteiger partial charge in [0, 0.05) is 35.7 Å². The van der Waals surface area contributed by atoms with Crippen LogP contribution in [-0.2, 0) is 16.2 Å². The quantitative estimate of drug-likeness (QED) is 0.505. The molecule has 1 amide bonds. The maximum absolute atomic E-state index is 13.3. The third-order valence-corrected chi connectivity index (χ3v) is 6.46. The molecule has 2 aliphatic rings. The van der Waals surface area contributed by atoms with Crippen LogP contribution in [0.25, 0.3) is 0 Å². The Morgan fingerprint density at radius 2 is 1.65 bits per heavy atom. The summed E-state index contributed by atoms with van der Waals surface area (Å²) in [6, 6.07) is 26.8. The van der Waals surface area contributed by atoms with Crippen LogP contribution >= 0.6 is 0 Å². The van der Waals surface area contributed by atoms with Gasteiger partial charge in [0.15, 0.2) is 5.78 Å². The summed E-state index contributed by atoms with van der Waals surface area (Å²) in [5.41, 5.74) is 4.82. The zero-order valence-corrected chi connectivity index (χ0v) is 18.7. The highest BCUT2D eigenvalue weighted by atomic mass is 16.5. The summed E-state index contributed by atoms with van der Waals surface area (Å²) in [4.78, 5) is 28.1. The molecule has 5 heteroatoms. The Hall–Kier alpha value is -4.17. The molecule has 0 aromatic heterocycles. The van der Waals surface area contributed by atoms with Gasteiger partial charge in [0.25, 0.3) is 0 Å². The van der Waals surface area contributed by atoms with Gasteiger partial charge in [-0.25, -0.2) is 0 Å². The van der Waals surface area contributed by atoms with Gasteiger partial charge in [-0.05, 0) is 60.4 Å². The fraction of sp³-hybridized carbons (Fsp3) is 0.207. The first-order chi connectivity index (χ1) is 16.6. The average molecular weight is 449 g/mol. The molecule has 0 radical (unpaired) electrons. The van der Waals surface area contributed by atoms with Crippen LogP contribution in [0.5, 0.6) is 5.75 Å². The molecule has 34 heavy (non-hydrogen) atoms. The van der Waals surface area contributed by atoms with Gasteiger partial charge in [-0.1, -0.05) is 42.5 Å². The minimum Gasteiger partial charge on any atom is -0.489 e. The molecule has 0 bridgehead atoms. The van der Waals surface area contributed by atoms with Gasteiger partial charge < -0.3 is 4.74 Å². The molecule has 1 unspecified atom stereocenters. The summed E-state index contributed by atoms with van der Waals surface area (Å²) >= 11 is 0. The number of rotatable bonds is 5. The Balaban J connectivity index is 1.43. The van der Waals surface area contributed by atoms with Gasteiger partial charge in [-0.3, -0.25) is 14.5 Å². The van der Waals surface area contributed by atoms with E-state index in [-0.39, 0.29) is 24.0 Å². The van der Waals surface area contributed by atoms with E-state index in [1.807, 2.05) is 54.6 Å². The second-order valence-electron chi connectivity index (χ2n) is 8.62. The Bertz CT molecular complexity index is 1290. The largest absolute Gasteiger partial charge is 0.489 e. The number of ether oxygens (including phenoxy) is 1. The number of anilines is 1. The second kappa shape index (κ2) is 9.36. The Morgan fingerprint density at radius 3 is 2.35 bits per heavy atom. The van der Waals surface area contributed by atoms with Gasteiger partial charge in [-0.15, -0.1) is 0 Å². The number of carbonyl (C=O) groups excluding carboxylic acids is 2. The first kappa shape index (κ1) is 21.7. The van der Waals surface area contributed by atoms with Gasteiger partial charge in [-0.2, -0.15) is 5.26 Å². The lowest BCUT2D eigenvalue weighted by Gasteiger charge is -2.38. The third kappa shape index (κ3) is 4.23. The number of hydrogen-bond donors (Lipinski definition) is 0. The van der Waals surface area contributed by atoms with Crippen molar-refractivity contribution in [2.24, 2.45) is 0 Å². The Morgan fingerprint density at radius 1 is 0.912 bits per heavy atom. The smallest absolute Gasteiger partial charge is 0.232 e. The van der Waals surface area contributed by atoms with E-state index in [4.69, 9.17) is 10.00 Å². The highest BCUT2D eigenvalue weighted by molar-refractivity contribution is 6.07. The number of Topliss-reactive ketones (excluding diaryl/α,β-unsaturated/α-hetero) is 1. The monoisotopic (exact) mass is 448 g/mol. The molecule has 0 spiro atoms. The molecule has 0 N–H and O–H groups in total. The molecule has 0 saturated heterocycles. The van der Waals surface area contributed by atoms with E-state index in [2.05, 4.69) is 6.07 Å². The summed E-state index contributed by atoms with van der Waals surface area (Å²) in [6.45, 7) is 0.482. The van der Waals surface area contributed by atoms with Crippen LogP contribution in [0.4, 0.5) is 5.69 Å². The number of ketones is 1. The lowest BCUT2D eigenvalue weighted by Crippen LogP contribution is -2.40. The number of hydrogen-bond acceptors (Lipinski definition) is 4. The lowest BCUT2D eigenvalue weighted by molar-refractivity contribution is -0.119. The molecule has 168 valence electrons. The predicted octanol–water partition coefficient (Wildman–Crippen LogP) is 5.66. The van der Waals surface area contributed by atoms with Crippen molar-refractivity contribution < 1.29 is 14.3 Å². The molecule has 5 nitrogen and oxygen atoms in total. The van der Waals surface area contributed by atoms with E-state index in [0.29, 0.717) is 30.7 Å². The molecule has 0 saturated carbocycles. The first-order valence-corrected chi connectivity index (χ1v) is 11.5.